The fourth-order valence-corrected chi connectivity index (χ4v) is 3.94. The lowest BCUT2D eigenvalue weighted by molar-refractivity contribution is 0.0628. The molecule has 1 fully saturated rings. The highest BCUT2D eigenvalue weighted by Gasteiger charge is 2.23. The molecule has 33 heavy (non-hydrogen) atoms. The Balaban J connectivity index is 1.33. The van der Waals surface area contributed by atoms with Gasteiger partial charge < -0.3 is 19.1 Å². The van der Waals surface area contributed by atoms with Gasteiger partial charge in [0, 0.05) is 38.3 Å². The highest BCUT2D eigenvalue weighted by molar-refractivity contribution is 5.95. The standard InChI is InChI=1S/C27H30N2O4/c1-31-24-11-8-21(9-12-24)19-28-14-16-29(17-15-28)27(30)23-10-13-25(26(18-23)32-2)33-20-22-6-4-3-5-7-22/h3-13,18H,14-17,19-20H2,1-2H3. The molecule has 1 saturated heterocycles. The van der Waals surface area contributed by atoms with Crippen LogP contribution in [0.2, 0.25) is 0 Å². The van der Waals surface area contributed by atoms with Crippen molar-refractivity contribution in [2.45, 2.75) is 13.2 Å². The van der Waals surface area contributed by atoms with Crippen LogP contribution in [0, 0.1) is 0 Å². The van der Waals surface area contributed by atoms with Crippen LogP contribution in [0.4, 0.5) is 0 Å². The van der Waals surface area contributed by atoms with Gasteiger partial charge in [-0.1, -0.05) is 42.5 Å². The second-order valence-electron chi connectivity index (χ2n) is 8.06. The van der Waals surface area contributed by atoms with E-state index in [-0.39, 0.29) is 5.91 Å². The third-order valence-electron chi connectivity index (χ3n) is 5.87. The molecule has 1 heterocycles. The van der Waals surface area contributed by atoms with Crippen LogP contribution < -0.4 is 14.2 Å². The molecule has 0 aliphatic carbocycles. The molecule has 0 spiro atoms. The predicted molar refractivity (Wildman–Crippen MR) is 128 cm³/mol. The van der Waals surface area contributed by atoms with Crippen molar-refractivity contribution in [3.8, 4) is 17.2 Å². The van der Waals surface area contributed by atoms with E-state index in [2.05, 4.69) is 17.0 Å². The van der Waals surface area contributed by atoms with Crippen molar-refractivity contribution < 1.29 is 19.0 Å². The van der Waals surface area contributed by atoms with Crippen molar-refractivity contribution in [3.05, 3.63) is 89.5 Å². The average Bonchev–Trinajstić information content (AvgIpc) is 2.88. The van der Waals surface area contributed by atoms with E-state index >= 15 is 0 Å². The Kier molecular flexibility index (Phi) is 7.47. The first kappa shape index (κ1) is 22.7. The van der Waals surface area contributed by atoms with Crippen molar-refractivity contribution in [2.24, 2.45) is 0 Å². The molecule has 3 aromatic carbocycles. The minimum atomic E-state index is 0.0204. The summed E-state index contributed by atoms with van der Waals surface area (Å²) in [7, 11) is 3.27. The highest BCUT2D eigenvalue weighted by Crippen LogP contribution is 2.29. The van der Waals surface area contributed by atoms with E-state index in [0.29, 0.717) is 36.8 Å². The largest absolute Gasteiger partial charge is 0.497 e. The molecule has 0 bridgehead atoms. The maximum Gasteiger partial charge on any atom is 0.254 e. The number of piperazine rings is 1. The fourth-order valence-electron chi connectivity index (χ4n) is 3.94. The summed E-state index contributed by atoms with van der Waals surface area (Å²) >= 11 is 0. The monoisotopic (exact) mass is 446 g/mol. The molecule has 6 heteroatoms. The number of methoxy groups -OCH3 is 2. The molecule has 0 saturated carbocycles. The van der Waals surface area contributed by atoms with Gasteiger partial charge in [-0.25, -0.2) is 0 Å². The van der Waals surface area contributed by atoms with Crippen molar-refractivity contribution in [2.75, 3.05) is 40.4 Å². The molecule has 0 atom stereocenters. The molecule has 172 valence electrons. The zero-order valence-corrected chi connectivity index (χ0v) is 19.2. The number of nitrogens with zero attached hydrogens (tertiary/aromatic N) is 2. The molecule has 4 rings (SSSR count). The van der Waals surface area contributed by atoms with Crippen LogP contribution in [0.25, 0.3) is 0 Å². The Morgan fingerprint density at radius 2 is 1.52 bits per heavy atom. The molecule has 0 aromatic heterocycles. The SMILES string of the molecule is COc1ccc(CN2CCN(C(=O)c3ccc(OCc4ccccc4)c(OC)c3)CC2)cc1. The van der Waals surface area contributed by atoms with Crippen molar-refractivity contribution >= 4 is 5.91 Å². The van der Waals surface area contributed by atoms with E-state index < -0.39 is 0 Å². The normalized spacial score (nSPS) is 14.1. The Labute approximate surface area is 195 Å². The molecule has 0 N–H and O–H groups in total. The van der Waals surface area contributed by atoms with E-state index in [0.717, 1.165) is 30.9 Å². The van der Waals surface area contributed by atoms with Crippen LogP contribution in [0.5, 0.6) is 17.2 Å². The van der Waals surface area contributed by atoms with E-state index in [9.17, 15) is 4.79 Å². The number of carbonyl (C=O) groups excluding carboxylic acids is 1. The van der Waals surface area contributed by atoms with Gasteiger partial charge in [-0.15, -0.1) is 0 Å². The zero-order valence-electron chi connectivity index (χ0n) is 19.2. The molecule has 3 aromatic rings. The number of amides is 1. The van der Waals surface area contributed by atoms with E-state index in [1.165, 1.54) is 5.56 Å². The van der Waals surface area contributed by atoms with Gasteiger partial charge in [0.1, 0.15) is 12.4 Å². The number of carbonyl (C=O) groups is 1. The summed E-state index contributed by atoms with van der Waals surface area (Å²) in [5.74, 6) is 2.07. The summed E-state index contributed by atoms with van der Waals surface area (Å²) in [6, 6.07) is 23.5. The van der Waals surface area contributed by atoms with Crippen LogP contribution in [-0.4, -0.2) is 56.1 Å². The first-order valence-corrected chi connectivity index (χ1v) is 11.2. The van der Waals surface area contributed by atoms with E-state index in [4.69, 9.17) is 14.2 Å². The van der Waals surface area contributed by atoms with Gasteiger partial charge in [-0.3, -0.25) is 9.69 Å². The third-order valence-corrected chi connectivity index (χ3v) is 5.87. The highest BCUT2D eigenvalue weighted by atomic mass is 16.5. The molecule has 0 unspecified atom stereocenters. The molecule has 1 amide bonds. The second-order valence-corrected chi connectivity index (χ2v) is 8.06. The molecule has 0 radical (unpaired) electrons. The maximum atomic E-state index is 13.1. The summed E-state index contributed by atoms with van der Waals surface area (Å²) < 4.78 is 16.6. The van der Waals surface area contributed by atoms with Crippen LogP contribution in [0.1, 0.15) is 21.5 Å². The van der Waals surface area contributed by atoms with Gasteiger partial charge in [0.2, 0.25) is 0 Å². The molecule has 1 aliphatic rings. The predicted octanol–water partition coefficient (Wildman–Crippen LogP) is 4.24. The van der Waals surface area contributed by atoms with Crippen LogP contribution in [0.3, 0.4) is 0 Å². The molecule has 6 nitrogen and oxygen atoms in total. The molecular weight excluding hydrogens is 416 g/mol. The smallest absolute Gasteiger partial charge is 0.254 e. The van der Waals surface area contributed by atoms with Crippen molar-refractivity contribution in [1.82, 2.24) is 9.80 Å². The minimum Gasteiger partial charge on any atom is -0.497 e. The van der Waals surface area contributed by atoms with Crippen LogP contribution >= 0.6 is 0 Å². The first-order chi connectivity index (χ1) is 16.2. The Morgan fingerprint density at radius 3 is 2.18 bits per heavy atom. The number of hydrogen-bond acceptors (Lipinski definition) is 5. The van der Waals surface area contributed by atoms with Gasteiger partial charge in [-0.05, 0) is 41.5 Å². The third kappa shape index (κ3) is 5.84. The van der Waals surface area contributed by atoms with Crippen LogP contribution in [0.15, 0.2) is 72.8 Å². The van der Waals surface area contributed by atoms with E-state index in [1.807, 2.05) is 59.5 Å². The van der Waals surface area contributed by atoms with E-state index in [1.54, 1.807) is 20.3 Å². The summed E-state index contributed by atoms with van der Waals surface area (Å²) in [4.78, 5) is 17.4. The van der Waals surface area contributed by atoms with Gasteiger partial charge >= 0.3 is 0 Å². The fraction of sp³-hybridized carbons (Fsp3) is 0.296. The van der Waals surface area contributed by atoms with Crippen molar-refractivity contribution in [1.29, 1.82) is 0 Å². The lowest BCUT2D eigenvalue weighted by Gasteiger charge is -2.35. The van der Waals surface area contributed by atoms with Gasteiger partial charge in [-0.2, -0.15) is 0 Å². The quantitative estimate of drug-likeness (QED) is 0.518. The summed E-state index contributed by atoms with van der Waals surface area (Å²) in [6.45, 7) is 4.39. The zero-order chi connectivity index (χ0) is 23.0. The van der Waals surface area contributed by atoms with Crippen molar-refractivity contribution in [3.63, 3.8) is 0 Å². The molecular formula is C27H30N2O4. The topological polar surface area (TPSA) is 51.2 Å². The first-order valence-electron chi connectivity index (χ1n) is 11.2. The number of benzene rings is 3. The Hall–Kier alpha value is -3.51. The summed E-state index contributed by atoms with van der Waals surface area (Å²) in [5.41, 5.74) is 2.93. The number of ether oxygens (including phenoxy) is 3. The van der Waals surface area contributed by atoms with Gasteiger partial charge in [0.05, 0.1) is 14.2 Å². The summed E-state index contributed by atoms with van der Waals surface area (Å²) in [6.07, 6.45) is 0. The lowest BCUT2D eigenvalue weighted by Crippen LogP contribution is -2.48. The van der Waals surface area contributed by atoms with Gasteiger partial charge in [0.25, 0.3) is 5.91 Å². The van der Waals surface area contributed by atoms with Gasteiger partial charge in [0.15, 0.2) is 11.5 Å². The lowest BCUT2D eigenvalue weighted by atomic mass is 10.1. The Bertz CT molecular complexity index is 1050. The number of rotatable bonds is 8. The Morgan fingerprint density at radius 1 is 0.788 bits per heavy atom. The van der Waals surface area contributed by atoms with Crippen LogP contribution in [-0.2, 0) is 13.2 Å². The number of hydrogen-bond donors (Lipinski definition) is 0. The minimum absolute atomic E-state index is 0.0204. The molecule has 1 aliphatic heterocycles. The average molecular weight is 447 g/mol. The maximum absolute atomic E-state index is 13.1. The summed E-state index contributed by atoms with van der Waals surface area (Å²) in [5, 5.41) is 0. The second kappa shape index (κ2) is 10.9.